The molecular weight excluding hydrogens is 504 g/mol. The topological polar surface area (TPSA) is 97.0 Å². The summed E-state index contributed by atoms with van der Waals surface area (Å²) in [5.74, 6) is 1.76. The van der Waals surface area contributed by atoms with Gasteiger partial charge in [0, 0.05) is 30.6 Å². The van der Waals surface area contributed by atoms with Gasteiger partial charge in [-0.2, -0.15) is 0 Å². The van der Waals surface area contributed by atoms with Crippen molar-refractivity contribution in [2.24, 2.45) is 22.9 Å². The van der Waals surface area contributed by atoms with Crippen molar-refractivity contribution < 1.29 is 14.7 Å². The lowest BCUT2D eigenvalue weighted by molar-refractivity contribution is -0.136. The van der Waals surface area contributed by atoms with Gasteiger partial charge in [-0.1, -0.05) is 37.1 Å². The summed E-state index contributed by atoms with van der Waals surface area (Å²) in [7, 11) is 1.42. The van der Waals surface area contributed by atoms with Crippen molar-refractivity contribution in [1.29, 1.82) is 0 Å². The molecule has 8 heteroatoms. The minimum atomic E-state index is -0.942. The molecule has 1 aromatic heterocycles. The average molecular weight is 549 g/mol. The summed E-state index contributed by atoms with van der Waals surface area (Å²) in [5.41, 5.74) is 1.90. The number of aromatic nitrogens is 2. The van der Waals surface area contributed by atoms with Crippen LogP contribution in [0.25, 0.3) is 11.0 Å². The highest BCUT2D eigenvalue weighted by atomic mass is 16.6. The van der Waals surface area contributed by atoms with Gasteiger partial charge in [-0.25, -0.2) is 4.98 Å². The summed E-state index contributed by atoms with van der Waals surface area (Å²) in [6.07, 6.45) is 13.9. The highest BCUT2D eigenvalue weighted by Gasteiger charge is 2.46. The Morgan fingerprint density at radius 1 is 0.975 bits per heavy atom. The lowest BCUT2D eigenvalue weighted by atomic mass is 9.64. The van der Waals surface area contributed by atoms with E-state index in [1.165, 1.54) is 64.9 Å². The molecule has 7 atom stereocenters. The van der Waals surface area contributed by atoms with Gasteiger partial charge in [0.05, 0.1) is 17.5 Å². The molecule has 8 nitrogen and oxygen atoms in total. The quantitative estimate of drug-likeness (QED) is 0.332. The molecule has 2 saturated carbocycles. The Balaban J connectivity index is 1.32. The van der Waals surface area contributed by atoms with Crippen LogP contribution in [0, 0.1) is 17.8 Å². The molecular formula is C32H44N4O4. The summed E-state index contributed by atoms with van der Waals surface area (Å²) in [6.45, 7) is 2.37. The Kier molecular flexibility index (Phi) is 7.98. The van der Waals surface area contributed by atoms with Crippen molar-refractivity contribution in [2.45, 2.75) is 115 Å². The van der Waals surface area contributed by atoms with E-state index >= 15 is 0 Å². The highest BCUT2D eigenvalue weighted by Crippen LogP contribution is 2.49. The molecule has 3 heterocycles. The van der Waals surface area contributed by atoms with Crippen LogP contribution in [0.15, 0.2) is 34.2 Å². The van der Waals surface area contributed by atoms with E-state index in [2.05, 4.69) is 22.0 Å². The summed E-state index contributed by atoms with van der Waals surface area (Å²) >= 11 is 0. The van der Waals surface area contributed by atoms with E-state index in [9.17, 15) is 14.7 Å². The predicted octanol–water partition coefficient (Wildman–Crippen LogP) is 5.77. The van der Waals surface area contributed by atoms with Crippen LogP contribution in [0.1, 0.15) is 102 Å². The van der Waals surface area contributed by atoms with Gasteiger partial charge in [0.15, 0.2) is 5.69 Å². The van der Waals surface area contributed by atoms with E-state index in [-0.39, 0.29) is 30.1 Å². The molecule has 4 bridgehead atoms. The summed E-state index contributed by atoms with van der Waals surface area (Å²) in [4.78, 5) is 38.1. The lowest BCUT2D eigenvalue weighted by Crippen LogP contribution is -2.59. The molecule has 0 spiro atoms. The Morgan fingerprint density at radius 3 is 2.33 bits per heavy atom. The third-order valence-corrected chi connectivity index (χ3v) is 10.4. The van der Waals surface area contributed by atoms with Crippen LogP contribution in [-0.4, -0.2) is 56.5 Å². The first-order valence-electron chi connectivity index (χ1n) is 15.6. The van der Waals surface area contributed by atoms with Gasteiger partial charge in [-0.3, -0.25) is 14.5 Å². The molecule has 216 valence electrons. The fraction of sp³-hybridized carbons (Fsp3) is 0.688. The molecule has 40 heavy (non-hydrogen) atoms. The summed E-state index contributed by atoms with van der Waals surface area (Å²) < 4.78 is 1.97. The molecule has 0 radical (unpaired) electrons. The van der Waals surface area contributed by atoms with Crippen molar-refractivity contribution in [2.75, 3.05) is 7.11 Å². The van der Waals surface area contributed by atoms with E-state index in [1.54, 1.807) is 0 Å². The maximum absolute atomic E-state index is 14.1. The molecule has 2 aromatic rings. The molecule has 1 aromatic carbocycles. The molecule has 4 fully saturated rings. The van der Waals surface area contributed by atoms with E-state index in [0.29, 0.717) is 23.8 Å². The average Bonchev–Trinajstić information content (AvgIpc) is 2.93. The van der Waals surface area contributed by atoms with Gasteiger partial charge in [-0.05, 0) is 87.7 Å². The van der Waals surface area contributed by atoms with Crippen LogP contribution < -0.4 is 5.56 Å². The zero-order valence-corrected chi connectivity index (χ0v) is 24.0. The maximum atomic E-state index is 14.1. The van der Waals surface area contributed by atoms with Crippen molar-refractivity contribution in [3.8, 4) is 0 Å². The number of nitrogens with zero attached hydrogens (tertiary/aromatic N) is 4. The molecule has 2 aliphatic heterocycles. The number of piperidine rings is 2. The van der Waals surface area contributed by atoms with Crippen molar-refractivity contribution in [3.63, 3.8) is 0 Å². The normalized spacial score (nSPS) is 32.6. The second-order valence-corrected chi connectivity index (χ2v) is 12.9. The molecule has 4 aliphatic rings. The minimum absolute atomic E-state index is 0.0848. The van der Waals surface area contributed by atoms with E-state index in [0.717, 1.165) is 41.6 Å². The second-order valence-electron chi connectivity index (χ2n) is 12.9. The number of hydrogen-bond acceptors (Lipinski definition) is 6. The van der Waals surface area contributed by atoms with E-state index < -0.39 is 5.97 Å². The highest BCUT2D eigenvalue weighted by molar-refractivity contribution is 6.00. The van der Waals surface area contributed by atoms with Gasteiger partial charge in [-0.15, -0.1) is 0 Å². The zero-order valence-electron chi connectivity index (χ0n) is 24.0. The number of rotatable bonds is 8. The Bertz CT molecular complexity index is 1290. The number of carboxylic acids is 1. The van der Waals surface area contributed by atoms with Gasteiger partial charge in [0.1, 0.15) is 12.8 Å². The minimum Gasteiger partial charge on any atom is -0.481 e. The van der Waals surface area contributed by atoms with Crippen LogP contribution in [0.5, 0.6) is 0 Å². The summed E-state index contributed by atoms with van der Waals surface area (Å²) in [5, 5.41) is 13.3. The molecule has 0 amide bonds. The number of oxime groups is 1. The van der Waals surface area contributed by atoms with Gasteiger partial charge in [0.2, 0.25) is 0 Å². The number of fused-ring (bicyclic) bond motifs is 5. The SMILES string of the molecule is CC[C@@H]1C[C@H]2CC(N3[C@@H]4CCC[C@H]3CC(n3c(=O)c(/C(CCC(=O)O)=N/OC)nc5ccccc53)C4)C[C@@H](C1)C2. The first-order valence-corrected chi connectivity index (χ1v) is 15.6. The first kappa shape index (κ1) is 27.4. The number of hydrogen-bond donors (Lipinski definition) is 1. The third kappa shape index (κ3) is 5.31. The maximum Gasteiger partial charge on any atom is 0.303 e. The molecule has 1 N–H and O–H groups in total. The number of aliphatic carboxylic acids is 1. The largest absolute Gasteiger partial charge is 0.481 e. The fourth-order valence-corrected chi connectivity index (χ4v) is 8.97. The van der Waals surface area contributed by atoms with Crippen molar-refractivity contribution in [1.82, 2.24) is 14.5 Å². The molecule has 2 saturated heterocycles. The number of carboxylic acid groups (broad SMARTS) is 1. The standard InChI is InChI=1S/C32H44N4O4/c1-3-20-13-21-15-22(14-20)17-25(16-21)35-23-7-6-8-24(35)19-26(18-23)36-29-10-5-4-9-27(29)33-31(32(36)39)28(34-40-2)11-12-30(37)38/h4-5,9-10,20-26H,3,6-8,11-19H2,1-2H3,(H,37,38)/b34-28+/t20-,21-,22+,23-,24+,25?,26?. The smallest absolute Gasteiger partial charge is 0.303 e. The van der Waals surface area contributed by atoms with Crippen molar-refractivity contribution >= 4 is 22.7 Å². The molecule has 2 unspecified atom stereocenters. The molecule has 6 rings (SSSR count). The van der Waals surface area contributed by atoms with Crippen LogP contribution in [0.2, 0.25) is 0 Å². The van der Waals surface area contributed by atoms with Crippen LogP contribution in [0.3, 0.4) is 0 Å². The van der Waals surface area contributed by atoms with Gasteiger partial charge in [0.25, 0.3) is 5.56 Å². The predicted molar refractivity (Wildman–Crippen MR) is 156 cm³/mol. The first-order chi connectivity index (χ1) is 19.4. The van der Waals surface area contributed by atoms with Crippen molar-refractivity contribution in [3.05, 3.63) is 40.3 Å². The Labute approximate surface area is 236 Å². The van der Waals surface area contributed by atoms with Crippen LogP contribution in [0.4, 0.5) is 0 Å². The number of para-hydroxylation sites is 2. The second kappa shape index (κ2) is 11.6. The van der Waals surface area contributed by atoms with Crippen LogP contribution in [-0.2, 0) is 9.63 Å². The molecule has 2 aliphatic carbocycles. The lowest BCUT2D eigenvalue weighted by Gasteiger charge is -2.56. The van der Waals surface area contributed by atoms with Gasteiger partial charge >= 0.3 is 5.97 Å². The number of carbonyl (C=O) groups is 1. The Morgan fingerprint density at radius 2 is 1.68 bits per heavy atom. The number of benzene rings is 1. The monoisotopic (exact) mass is 548 g/mol. The fourth-order valence-electron chi connectivity index (χ4n) is 8.97. The van der Waals surface area contributed by atoms with E-state index in [4.69, 9.17) is 4.84 Å². The van der Waals surface area contributed by atoms with Gasteiger partial charge < -0.3 is 14.5 Å². The third-order valence-electron chi connectivity index (χ3n) is 10.4. The summed E-state index contributed by atoms with van der Waals surface area (Å²) in [6, 6.07) is 9.60. The Hall–Kier alpha value is -2.74. The van der Waals surface area contributed by atoms with E-state index in [1.807, 2.05) is 28.8 Å². The zero-order chi connectivity index (χ0) is 27.8. The van der Waals surface area contributed by atoms with Crippen LogP contribution >= 0.6 is 0 Å².